The first-order chi connectivity index (χ1) is 14.1. The van der Waals surface area contributed by atoms with Crippen LogP contribution in [0.3, 0.4) is 0 Å². The first kappa shape index (κ1) is 19.2. The van der Waals surface area contributed by atoms with Gasteiger partial charge in [-0.25, -0.2) is 4.98 Å². The SMILES string of the molecule is COc1ccc(-c2cc(C(=O)N(C)Cc3sccc3C)c3ccccc3n2)cc1. The van der Waals surface area contributed by atoms with Gasteiger partial charge in [-0.05, 0) is 60.3 Å². The number of aryl methyl sites for hydroxylation is 1. The van der Waals surface area contributed by atoms with E-state index in [1.54, 1.807) is 23.3 Å². The van der Waals surface area contributed by atoms with Gasteiger partial charge in [0, 0.05) is 22.9 Å². The molecule has 0 saturated carbocycles. The van der Waals surface area contributed by atoms with Crippen molar-refractivity contribution in [2.24, 2.45) is 0 Å². The van der Waals surface area contributed by atoms with E-state index in [1.165, 1.54) is 10.4 Å². The Morgan fingerprint density at radius 2 is 1.86 bits per heavy atom. The van der Waals surface area contributed by atoms with Crippen molar-refractivity contribution in [1.82, 2.24) is 9.88 Å². The highest BCUT2D eigenvalue weighted by Gasteiger charge is 2.18. The monoisotopic (exact) mass is 402 g/mol. The van der Waals surface area contributed by atoms with Gasteiger partial charge in [-0.1, -0.05) is 18.2 Å². The molecule has 0 radical (unpaired) electrons. The highest BCUT2D eigenvalue weighted by Crippen LogP contribution is 2.27. The van der Waals surface area contributed by atoms with Crippen LogP contribution in [0, 0.1) is 6.92 Å². The van der Waals surface area contributed by atoms with Crippen LogP contribution in [-0.4, -0.2) is 29.9 Å². The summed E-state index contributed by atoms with van der Waals surface area (Å²) in [5.74, 6) is 0.781. The Kier molecular flexibility index (Phi) is 5.32. The molecular formula is C24H22N2O2S. The molecule has 2 aromatic carbocycles. The predicted molar refractivity (Wildman–Crippen MR) is 119 cm³/mol. The van der Waals surface area contributed by atoms with Crippen molar-refractivity contribution >= 4 is 28.1 Å². The van der Waals surface area contributed by atoms with Crippen molar-refractivity contribution in [3.63, 3.8) is 0 Å². The lowest BCUT2D eigenvalue weighted by Gasteiger charge is -2.19. The Balaban J connectivity index is 1.75. The standard InChI is InChI=1S/C24H22N2O2S/c1-16-12-13-29-23(16)15-26(2)24(27)20-14-22(17-8-10-18(28-3)11-9-17)25-21-7-5-4-6-19(20)21/h4-14H,15H2,1-3H3. The molecule has 0 atom stereocenters. The molecule has 4 nitrogen and oxygen atoms in total. The third-order valence-electron chi connectivity index (χ3n) is 5.03. The molecule has 4 rings (SSSR count). The average molecular weight is 403 g/mol. The Morgan fingerprint density at radius 1 is 1.10 bits per heavy atom. The van der Waals surface area contributed by atoms with Crippen molar-refractivity contribution in [2.45, 2.75) is 13.5 Å². The maximum atomic E-state index is 13.4. The summed E-state index contributed by atoms with van der Waals surface area (Å²) in [5.41, 5.74) is 4.41. The molecule has 0 aliphatic heterocycles. The number of carbonyl (C=O) groups excluding carboxylic acids is 1. The fourth-order valence-corrected chi connectivity index (χ4v) is 4.28. The zero-order chi connectivity index (χ0) is 20.4. The van der Waals surface area contributed by atoms with Gasteiger partial charge in [0.2, 0.25) is 0 Å². The maximum absolute atomic E-state index is 13.4. The summed E-state index contributed by atoms with van der Waals surface area (Å²) in [5, 5.41) is 2.93. The smallest absolute Gasteiger partial charge is 0.254 e. The molecule has 0 saturated heterocycles. The number of carbonyl (C=O) groups is 1. The normalized spacial score (nSPS) is 10.9. The van der Waals surface area contributed by atoms with Crippen LogP contribution in [0.1, 0.15) is 20.8 Å². The third kappa shape index (κ3) is 3.87. The minimum atomic E-state index is -0.00818. The molecule has 5 heteroatoms. The first-order valence-electron chi connectivity index (χ1n) is 9.39. The topological polar surface area (TPSA) is 42.4 Å². The van der Waals surface area contributed by atoms with Crippen LogP contribution in [-0.2, 0) is 6.54 Å². The Bertz CT molecular complexity index is 1170. The Morgan fingerprint density at radius 3 is 2.55 bits per heavy atom. The van der Waals surface area contributed by atoms with Crippen molar-refractivity contribution in [3.05, 3.63) is 82.0 Å². The molecule has 0 aliphatic rings. The van der Waals surface area contributed by atoms with Gasteiger partial charge in [0.25, 0.3) is 5.91 Å². The third-order valence-corrected chi connectivity index (χ3v) is 6.04. The summed E-state index contributed by atoms with van der Waals surface area (Å²) in [6, 6.07) is 19.5. The largest absolute Gasteiger partial charge is 0.497 e. The van der Waals surface area contributed by atoms with Crippen molar-refractivity contribution in [3.8, 4) is 17.0 Å². The number of pyridine rings is 1. The lowest BCUT2D eigenvalue weighted by Crippen LogP contribution is -2.26. The quantitative estimate of drug-likeness (QED) is 0.439. The highest BCUT2D eigenvalue weighted by atomic mass is 32.1. The summed E-state index contributed by atoms with van der Waals surface area (Å²) < 4.78 is 5.25. The minimum absolute atomic E-state index is 0.00818. The molecule has 0 fully saturated rings. The van der Waals surface area contributed by atoms with E-state index in [9.17, 15) is 4.79 Å². The van der Waals surface area contributed by atoms with E-state index in [0.29, 0.717) is 12.1 Å². The number of aromatic nitrogens is 1. The number of hydrogen-bond acceptors (Lipinski definition) is 4. The van der Waals surface area contributed by atoms with Gasteiger partial charge in [-0.15, -0.1) is 11.3 Å². The van der Waals surface area contributed by atoms with Crippen molar-refractivity contribution < 1.29 is 9.53 Å². The van der Waals surface area contributed by atoms with E-state index in [1.807, 2.05) is 61.6 Å². The molecule has 0 aliphatic carbocycles. The number of fused-ring (bicyclic) bond motifs is 1. The van der Waals surface area contributed by atoms with E-state index in [0.717, 1.165) is 27.9 Å². The average Bonchev–Trinajstić information content (AvgIpc) is 3.16. The zero-order valence-corrected chi connectivity index (χ0v) is 17.5. The summed E-state index contributed by atoms with van der Waals surface area (Å²) >= 11 is 1.68. The minimum Gasteiger partial charge on any atom is -0.497 e. The number of thiophene rings is 1. The molecule has 29 heavy (non-hydrogen) atoms. The number of amides is 1. The predicted octanol–water partition coefficient (Wildman–Crippen LogP) is 5.55. The van der Waals surface area contributed by atoms with Gasteiger partial charge < -0.3 is 9.64 Å². The highest BCUT2D eigenvalue weighted by molar-refractivity contribution is 7.10. The van der Waals surface area contributed by atoms with Crippen molar-refractivity contribution in [2.75, 3.05) is 14.2 Å². The number of benzene rings is 2. The summed E-state index contributed by atoms with van der Waals surface area (Å²) in [4.78, 5) is 21.1. The van der Waals surface area contributed by atoms with E-state index >= 15 is 0 Å². The molecule has 0 unspecified atom stereocenters. The van der Waals surface area contributed by atoms with Crippen LogP contribution < -0.4 is 4.74 Å². The van der Waals surface area contributed by atoms with Gasteiger partial charge in [0.05, 0.1) is 30.4 Å². The molecule has 0 N–H and O–H groups in total. The Hall–Kier alpha value is -3.18. The molecule has 0 spiro atoms. The second kappa shape index (κ2) is 8.05. The number of hydrogen-bond donors (Lipinski definition) is 0. The number of nitrogens with zero attached hydrogens (tertiary/aromatic N) is 2. The van der Waals surface area contributed by atoms with Crippen LogP contribution in [0.2, 0.25) is 0 Å². The van der Waals surface area contributed by atoms with Crippen LogP contribution in [0.25, 0.3) is 22.2 Å². The second-order valence-corrected chi connectivity index (χ2v) is 7.99. The van der Waals surface area contributed by atoms with Crippen LogP contribution >= 0.6 is 11.3 Å². The van der Waals surface area contributed by atoms with E-state index in [2.05, 4.69) is 18.4 Å². The lowest BCUT2D eigenvalue weighted by atomic mass is 10.0. The van der Waals surface area contributed by atoms with Crippen LogP contribution in [0.4, 0.5) is 0 Å². The summed E-state index contributed by atoms with van der Waals surface area (Å²) in [6.07, 6.45) is 0. The molecule has 146 valence electrons. The van der Waals surface area contributed by atoms with Gasteiger partial charge >= 0.3 is 0 Å². The molecule has 2 heterocycles. The van der Waals surface area contributed by atoms with Gasteiger partial charge in [0.15, 0.2) is 0 Å². The number of rotatable bonds is 5. The number of ether oxygens (including phenoxy) is 1. The number of methoxy groups -OCH3 is 1. The van der Waals surface area contributed by atoms with Crippen molar-refractivity contribution in [1.29, 1.82) is 0 Å². The van der Waals surface area contributed by atoms with Crippen LogP contribution in [0.15, 0.2) is 66.0 Å². The van der Waals surface area contributed by atoms with Gasteiger partial charge in [-0.3, -0.25) is 4.79 Å². The molecule has 0 bridgehead atoms. The summed E-state index contributed by atoms with van der Waals surface area (Å²) in [6.45, 7) is 2.67. The van der Waals surface area contributed by atoms with E-state index in [-0.39, 0.29) is 5.91 Å². The maximum Gasteiger partial charge on any atom is 0.254 e. The van der Waals surface area contributed by atoms with Gasteiger partial charge in [0.1, 0.15) is 5.75 Å². The Labute approximate surface area is 174 Å². The fourth-order valence-electron chi connectivity index (χ4n) is 3.32. The first-order valence-corrected chi connectivity index (χ1v) is 10.3. The summed E-state index contributed by atoms with van der Waals surface area (Å²) in [7, 11) is 3.49. The molecular weight excluding hydrogens is 380 g/mol. The van der Waals surface area contributed by atoms with E-state index in [4.69, 9.17) is 9.72 Å². The van der Waals surface area contributed by atoms with E-state index < -0.39 is 0 Å². The fraction of sp³-hybridized carbons (Fsp3) is 0.167. The molecule has 2 aromatic heterocycles. The van der Waals surface area contributed by atoms with Gasteiger partial charge in [-0.2, -0.15) is 0 Å². The zero-order valence-electron chi connectivity index (χ0n) is 16.7. The van der Waals surface area contributed by atoms with Crippen LogP contribution in [0.5, 0.6) is 5.75 Å². The molecule has 4 aromatic rings. The number of para-hydroxylation sites is 1. The molecule has 1 amide bonds. The second-order valence-electron chi connectivity index (χ2n) is 6.99. The lowest BCUT2D eigenvalue weighted by molar-refractivity contribution is 0.0788.